The van der Waals surface area contributed by atoms with Crippen LogP contribution in [0.3, 0.4) is 0 Å². The van der Waals surface area contributed by atoms with Crippen molar-refractivity contribution in [1.82, 2.24) is 9.55 Å². The van der Waals surface area contributed by atoms with Gasteiger partial charge in [0.05, 0.1) is 12.4 Å². The molecule has 1 aromatic carbocycles. The lowest BCUT2D eigenvalue weighted by Crippen LogP contribution is -2.07. The summed E-state index contributed by atoms with van der Waals surface area (Å²) in [6, 6.07) is 8.06. The van der Waals surface area contributed by atoms with Gasteiger partial charge in [0.25, 0.3) is 0 Å². The van der Waals surface area contributed by atoms with Crippen molar-refractivity contribution >= 4 is 0 Å². The molecule has 0 saturated heterocycles. The number of nitrogens with two attached hydrogens (primary N) is 1. The van der Waals surface area contributed by atoms with E-state index in [0.717, 1.165) is 18.5 Å². The van der Waals surface area contributed by atoms with Crippen molar-refractivity contribution in [1.29, 1.82) is 0 Å². The largest absolute Gasteiger partial charge is 0.388 e. The highest BCUT2D eigenvalue weighted by atomic mass is 16.3. The Balaban J connectivity index is 1.98. The summed E-state index contributed by atoms with van der Waals surface area (Å²) in [5, 5.41) is 9.90. The van der Waals surface area contributed by atoms with Crippen LogP contribution in [-0.2, 0) is 13.0 Å². The summed E-state index contributed by atoms with van der Waals surface area (Å²) in [4.78, 5) is 4.01. The van der Waals surface area contributed by atoms with E-state index in [1.165, 1.54) is 5.56 Å². The molecule has 2 aromatic rings. The van der Waals surface area contributed by atoms with E-state index in [2.05, 4.69) is 17.1 Å². The van der Waals surface area contributed by atoms with Crippen LogP contribution in [0.1, 0.15) is 23.7 Å². The number of hydrogen-bond donors (Lipinski definition) is 2. The lowest BCUT2D eigenvalue weighted by molar-refractivity contribution is 0.170. The van der Waals surface area contributed by atoms with Crippen LogP contribution in [0.25, 0.3) is 0 Å². The maximum absolute atomic E-state index is 9.90. The van der Waals surface area contributed by atoms with E-state index in [1.807, 2.05) is 29.2 Å². The summed E-state index contributed by atoms with van der Waals surface area (Å²) in [5.41, 5.74) is 7.62. The zero-order valence-electron chi connectivity index (χ0n) is 10.4. The number of aliphatic hydroxyl groups is 1. The van der Waals surface area contributed by atoms with Gasteiger partial charge in [-0.2, -0.15) is 0 Å². The van der Waals surface area contributed by atoms with Crippen molar-refractivity contribution in [2.75, 3.05) is 6.54 Å². The first-order valence-corrected chi connectivity index (χ1v) is 6.22. The van der Waals surface area contributed by atoms with Gasteiger partial charge in [-0.1, -0.05) is 24.3 Å². The number of imidazole rings is 1. The summed E-state index contributed by atoms with van der Waals surface area (Å²) < 4.78 is 2.04. The topological polar surface area (TPSA) is 64.1 Å². The van der Waals surface area contributed by atoms with Gasteiger partial charge in [0.15, 0.2) is 0 Å². The van der Waals surface area contributed by atoms with Crippen LogP contribution < -0.4 is 5.73 Å². The molecule has 1 unspecified atom stereocenters. The Bertz CT molecular complexity index is 468. The lowest BCUT2D eigenvalue weighted by Gasteiger charge is -2.11. The molecule has 0 bridgehead atoms. The molecule has 2 rings (SSSR count). The Hall–Kier alpha value is -1.65. The minimum absolute atomic E-state index is 0.455. The number of aliphatic hydroxyl groups excluding tert-OH is 1. The monoisotopic (exact) mass is 245 g/mol. The zero-order valence-corrected chi connectivity index (χ0v) is 10.4. The molecular formula is C14H19N3O. The van der Waals surface area contributed by atoms with E-state index >= 15 is 0 Å². The number of benzene rings is 1. The SMILES string of the molecule is NCCC(O)c1cccc(CCn2ccnc2)c1. The second-order valence-electron chi connectivity index (χ2n) is 4.39. The van der Waals surface area contributed by atoms with Crippen LogP contribution in [0.4, 0.5) is 0 Å². The molecule has 18 heavy (non-hydrogen) atoms. The summed E-state index contributed by atoms with van der Waals surface area (Å²) in [6.45, 7) is 1.40. The molecular weight excluding hydrogens is 226 g/mol. The third-order valence-electron chi connectivity index (χ3n) is 2.99. The molecule has 0 aliphatic rings. The predicted octanol–water partition coefficient (Wildman–Crippen LogP) is 1.51. The van der Waals surface area contributed by atoms with Gasteiger partial charge in [0, 0.05) is 18.9 Å². The molecule has 0 aliphatic heterocycles. The first kappa shape index (κ1) is 12.8. The Labute approximate surface area is 107 Å². The van der Waals surface area contributed by atoms with Gasteiger partial charge in [-0.25, -0.2) is 4.98 Å². The average Bonchev–Trinajstić information content (AvgIpc) is 2.90. The maximum Gasteiger partial charge on any atom is 0.0946 e. The molecule has 0 spiro atoms. The van der Waals surface area contributed by atoms with Gasteiger partial charge < -0.3 is 15.4 Å². The molecule has 1 atom stereocenters. The molecule has 3 N–H and O–H groups in total. The molecule has 0 saturated carbocycles. The minimum Gasteiger partial charge on any atom is -0.388 e. The minimum atomic E-state index is -0.455. The third kappa shape index (κ3) is 3.42. The quantitative estimate of drug-likeness (QED) is 0.810. The predicted molar refractivity (Wildman–Crippen MR) is 71.0 cm³/mol. The fourth-order valence-electron chi connectivity index (χ4n) is 1.96. The van der Waals surface area contributed by atoms with Crippen molar-refractivity contribution in [3.05, 3.63) is 54.1 Å². The fraction of sp³-hybridized carbons (Fsp3) is 0.357. The molecule has 96 valence electrons. The highest BCUT2D eigenvalue weighted by molar-refractivity contribution is 5.25. The molecule has 0 fully saturated rings. The third-order valence-corrected chi connectivity index (χ3v) is 2.99. The van der Waals surface area contributed by atoms with Crippen LogP contribution in [0, 0.1) is 0 Å². The maximum atomic E-state index is 9.90. The van der Waals surface area contributed by atoms with Gasteiger partial charge in [0.1, 0.15) is 0 Å². The number of nitrogens with zero attached hydrogens (tertiary/aromatic N) is 2. The van der Waals surface area contributed by atoms with Gasteiger partial charge in [0.2, 0.25) is 0 Å². The summed E-state index contributed by atoms with van der Waals surface area (Å²) in [6.07, 6.45) is 6.62. The summed E-state index contributed by atoms with van der Waals surface area (Å²) >= 11 is 0. The first-order chi connectivity index (χ1) is 8.79. The van der Waals surface area contributed by atoms with Crippen LogP contribution in [0.15, 0.2) is 43.0 Å². The summed E-state index contributed by atoms with van der Waals surface area (Å²) in [5.74, 6) is 0. The molecule has 0 radical (unpaired) electrons. The van der Waals surface area contributed by atoms with Crippen molar-refractivity contribution in [3.63, 3.8) is 0 Å². The van der Waals surface area contributed by atoms with Crippen molar-refractivity contribution in [2.24, 2.45) is 5.73 Å². The smallest absolute Gasteiger partial charge is 0.0946 e. The number of rotatable bonds is 6. The highest BCUT2D eigenvalue weighted by Gasteiger charge is 2.06. The van der Waals surface area contributed by atoms with E-state index in [1.54, 1.807) is 6.20 Å². The van der Waals surface area contributed by atoms with Crippen LogP contribution in [-0.4, -0.2) is 21.2 Å². The van der Waals surface area contributed by atoms with E-state index < -0.39 is 6.10 Å². The van der Waals surface area contributed by atoms with Crippen LogP contribution >= 0.6 is 0 Å². The van der Waals surface area contributed by atoms with E-state index in [-0.39, 0.29) is 0 Å². The van der Waals surface area contributed by atoms with Gasteiger partial charge in [-0.3, -0.25) is 0 Å². The first-order valence-electron chi connectivity index (χ1n) is 6.22. The van der Waals surface area contributed by atoms with Crippen molar-refractivity contribution in [2.45, 2.75) is 25.5 Å². The number of hydrogen-bond acceptors (Lipinski definition) is 3. The molecule has 4 heteroatoms. The molecule has 0 amide bonds. The van der Waals surface area contributed by atoms with E-state index in [9.17, 15) is 5.11 Å². The second-order valence-corrected chi connectivity index (χ2v) is 4.39. The van der Waals surface area contributed by atoms with E-state index in [4.69, 9.17) is 5.73 Å². The van der Waals surface area contributed by atoms with Gasteiger partial charge in [-0.05, 0) is 30.5 Å². The zero-order chi connectivity index (χ0) is 12.8. The van der Waals surface area contributed by atoms with Crippen molar-refractivity contribution in [3.8, 4) is 0 Å². The molecule has 4 nitrogen and oxygen atoms in total. The average molecular weight is 245 g/mol. The highest BCUT2D eigenvalue weighted by Crippen LogP contribution is 2.17. The van der Waals surface area contributed by atoms with Crippen molar-refractivity contribution < 1.29 is 5.11 Å². The van der Waals surface area contributed by atoms with Crippen LogP contribution in [0.2, 0.25) is 0 Å². The number of aryl methyl sites for hydroxylation is 2. The van der Waals surface area contributed by atoms with E-state index in [0.29, 0.717) is 13.0 Å². The van der Waals surface area contributed by atoms with Crippen LogP contribution in [0.5, 0.6) is 0 Å². The normalized spacial score (nSPS) is 12.6. The molecule has 1 aromatic heterocycles. The Morgan fingerprint density at radius 1 is 1.39 bits per heavy atom. The van der Waals surface area contributed by atoms with Gasteiger partial charge >= 0.3 is 0 Å². The molecule has 1 heterocycles. The Kier molecular flexibility index (Phi) is 4.50. The summed E-state index contributed by atoms with van der Waals surface area (Å²) in [7, 11) is 0. The lowest BCUT2D eigenvalue weighted by atomic mass is 10.0. The fourth-order valence-corrected chi connectivity index (χ4v) is 1.96. The second kappa shape index (κ2) is 6.33. The van der Waals surface area contributed by atoms with Gasteiger partial charge in [-0.15, -0.1) is 0 Å². The Morgan fingerprint density at radius 2 is 2.28 bits per heavy atom. The number of aromatic nitrogens is 2. The Morgan fingerprint density at radius 3 is 3.00 bits per heavy atom. The standard InChI is InChI=1S/C14H19N3O/c15-6-4-14(18)13-3-1-2-12(10-13)5-8-17-9-7-16-11-17/h1-3,7,9-11,14,18H,4-6,8,15H2. The molecule has 0 aliphatic carbocycles.